The molecule has 0 unspecified atom stereocenters. The second-order valence-electron chi connectivity index (χ2n) is 5.20. The van der Waals surface area contributed by atoms with E-state index in [0.717, 1.165) is 22.3 Å². The number of nitrogens with zero attached hydrogens (tertiary/aromatic N) is 1. The van der Waals surface area contributed by atoms with Crippen molar-refractivity contribution >= 4 is 11.6 Å². The number of carbonyl (C=O) groups is 1. The van der Waals surface area contributed by atoms with Crippen molar-refractivity contribution in [1.82, 2.24) is 5.32 Å². The number of rotatable bonds is 4. The van der Waals surface area contributed by atoms with Crippen molar-refractivity contribution in [2.24, 2.45) is 5.16 Å². The zero-order valence-corrected chi connectivity index (χ0v) is 12.4. The van der Waals surface area contributed by atoms with Crippen LogP contribution in [0.2, 0.25) is 0 Å². The van der Waals surface area contributed by atoms with Crippen LogP contribution >= 0.6 is 0 Å². The number of hydrogen-bond acceptors (Lipinski definition) is 3. The topological polar surface area (TPSA) is 50.7 Å². The van der Waals surface area contributed by atoms with Crippen LogP contribution in [0.15, 0.2) is 53.7 Å². The molecule has 0 spiro atoms. The van der Waals surface area contributed by atoms with Gasteiger partial charge in [0.15, 0.2) is 6.61 Å². The lowest BCUT2D eigenvalue weighted by molar-refractivity contribution is -0.141. The Kier molecular flexibility index (Phi) is 4.24. The summed E-state index contributed by atoms with van der Waals surface area (Å²) in [5.74, 6) is -0.878. The molecule has 1 amide bonds. The minimum absolute atomic E-state index is 0.560. The molecule has 1 aliphatic carbocycles. The minimum atomic E-state index is -4.45. The van der Waals surface area contributed by atoms with Crippen LogP contribution in [0.1, 0.15) is 11.1 Å². The molecule has 7 heteroatoms. The highest BCUT2D eigenvalue weighted by atomic mass is 19.4. The Morgan fingerprint density at radius 2 is 1.46 bits per heavy atom. The maximum absolute atomic E-state index is 12.0. The van der Waals surface area contributed by atoms with Gasteiger partial charge in [0.05, 0.1) is 0 Å². The Hall–Kier alpha value is -2.83. The molecule has 124 valence electrons. The zero-order chi connectivity index (χ0) is 17.2. The third-order valence-electron chi connectivity index (χ3n) is 3.49. The highest BCUT2D eigenvalue weighted by Crippen LogP contribution is 2.36. The first-order valence-electron chi connectivity index (χ1n) is 7.18. The van der Waals surface area contributed by atoms with Gasteiger partial charge in [-0.1, -0.05) is 53.7 Å². The van der Waals surface area contributed by atoms with Crippen molar-refractivity contribution < 1.29 is 22.8 Å². The first kappa shape index (κ1) is 16.0. The van der Waals surface area contributed by atoms with Gasteiger partial charge >= 0.3 is 6.18 Å². The third kappa shape index (κ3) is 3.40. The van der Waals surface area contributed by atoms with Crippen molar-refractivity contribution in [3.05, 3.63) is 59.7 Å². The highest BCUT2D eigenvalue weighted by Gasteiger charge is 2.28. The summed E-state index contributed by atoms with van der Waals surface area (Å²) < 4.78 is 36.1. The molecule has 4 nitrogen and oxygen atoms in total. The van der Waals surface area contributed by atoms with Crippen LogP contribution in [-0.2, 0) is 9.63 Å². The fourth-order valence-electron chi connectivity index (χ4n) is 2.50. The van der Waals surface area contributed by atoms with Gasteiger partial charge in [0, 0.05) is 11.1 Å². The average molecular weight is 334 g/mol. The van der Waals surface area contributed by atoms with Crippen LogP contribution in [0.4, 0.5) is 13.2 Å². The molecular weight excluding hydrogens is 321 g/mol. The molecule has 0 aromatic heterocycles. The van der Waals surface area contributed by atoms with Crippen LogP contribution in [0, 0.1) is 0 Å². The van der Waals surface area contributed by atoms with Crippen LogP contribution in [0.3, 0.4) is 0 Å². The average Bonchev–Trinajstić information content (AvgIpc) is 2.87. The second kappa shape index (κ2) is 6.35. The van der Waals surface area contributed by atoms with E-state index in [0.29, 0.717) is 5.71 Å². The van der Waals surface area contributed by atoms with Crippen molar-refractivity contribution in [2.75, 3.05) is 13.2 Å². The van der Waals surface area contributed by atoms with Gasteiger partial charge in [0.1, 0.15) is 12.3 Å². The normalized spacial score (nSPS) is 12.4. The summed E-state index contributed by atoms with van der Waals surface area (Å²) in [6, 6.07) is 15.2. The number of alkyl halides is 3. The number of oxime groups is 1. The molecule has 1 aliphatic rings. The number of fused-ring (bicyclic) bond motifs is 3. The fourth-order valence-corrected chi connectivity index (χ4v) is 2.50. The lowest BCUT2D eigenvalue weighted by Gasteiger charge is -2.07. The van der Waals surface area contributed by atoms with E-state index in [1.807, 2.05) is 48.5 Å². The van der Waals surface area contributed by atoms with Gasteiger partial charge in [-0.25, -0.2) is 0 Å². The third-order valence-corrected chi connectivity index (χ3v) is 3.49. The predicted molar refractivity (Wildman–Crippen MR) is 82.5 cm³/mol. The van der Waals surface area contributed by atoms with Gasteiger partial charge in [0.25, 0.3) is 5.91 Å². The zero-order valence-electron chi connectivity index (χ0n) is 12.4. The molecule has 0 saturated carbocycles. The van der Waals surface area contributed by atoms with E-state index in [1.165, 1.54) is 0 Å². The number of carbonyl (C=O) groups excluding carboxylic acids is 1. The molecule has 2 aromatic rings. The molecule has 0 bridgehead atoms. The molecule has 24 heavy (non-hydrogen) atoms. The summed E-state index contributed by atoms with van der Waals surface area (Å²) in [6.45, 7) is -1.97. The Morgan fingerprint density at radius 1 is 0.958 bits per heavy atom. The van der Waals surface area contributed by atoms with Crippen molar-refractivity contribution in [2.45, 2.75) is 6.18 Å². The van der Waals surface area contributed by atoms with Crippen LogP contribution in [0.5, 0.6) is 0 Å². The molecule has 0 aliphatic heterocycles. The van der Waals surface area contributed by atoms with E-state index < -0.39 is 25.2 Å². The first-order chi connectivity index (χ1) is 11.5. The summed E-state index contributed by atoms with van der Waals surface area (Å²) in [4.78, 5) is 16.3. The lowest BCUT2D eigenvalue weighted by Crippen LogP contribution is -2.35. The minimum Gasteiger partial charge on any atom is -0.385 e. The highest BCUT2D eigenvalue weighted by molar-refractivity contribution is 6.24. The standard InChI is InChI=1S/C17H13F3N2O2/c18-17(19,20)10-21-15(23)9-24-22-16-13-7-3-1-5-11(13)12-6-2-4-8-14(12)16/h1-8H,9-10H2,(H,21,23). The molecule has 0 atom stereocenters. The molecular formula is C17H13F3N2O2. The molecule has 0 fully saturated rings. The lowest BCUT2D eigenvalue weighted by atomic mass is 10.1. The van der Waals surface area contributed by atoms with Crippen molar-refractivity contribution in [3.8, 4) is 11.1 Å². The van der Waals surface area contributed by atoms with Gasteiger partial charge in [-0.2, -0.15) is 13.2 Å². The fraction of sp³-hybridized carbons (Fsp3) is 0.176. The number of benzene rings is 2. The molecule has 0 saturated heterocycles. The second-order valence-corrected chi connectivity index (χ2v) is 5.20. The van der Waals surface area contributed by atoms with Gasteiger partial charge in [-0.05, 0) is 11.1 Å². The number of hydrogen-bond donors (Lipinski definition) is 1. The molecule has 2 aromatic carbocycles. The summed E-state index contributed by atoms with van der Waals surface area (Å²) in [5.41, 5.74) is 4.27. The molecule has 1 N–H and O–H groups in total. The van der Waals surface area contributed by atoms with E-state index in [1.54, 1.807) is 5.32 Å². The molecule has 0 radical (unpaired) electrons. The van der Waals surface area contributed by atoms with Gasteiger partial charge in [-0.15, -0.1) is 0 Å². The van der Waals surface area contributed by atoms with Crippen LogP contribution in [0.25, 0.3) is 11.1 Å². The smallest absolute Gasteiger partial charge is 0.385 e. The van der Waals surface area contributed by atoms with Crippen molar-refractivity contribution in [3.63, 3.8) is 0 Å². The van der Waals surface area contributed by atoms with E-state index in [-0.39, 0.29) is 0 Å². The Morgan fingerprint density at radius 3 is 1.96 bits per heavy atom. The number of nitrogens with one attached hydrogen (secondary N) is 1. The maximum Gasteiger partial charge on any atom is 0.405 e. The van der Waals surface area contributed by atoms with E-state index in [2.05, 4.69) is 5.16 Å². The molecule has 3 rings (SSSR count). The van der Waals surface area contributed by atoms with Gasteiger partial charge < -0.3 is 10.2 Å². The summed E-state index contributed by atoms with van der Waals surface area (Å²) in [5, 5.41) is 5.69. The predicted octanol–water partition coefficient (Wildman–Crippen LogP) is 3.11. The largest absolute Gasteiger partial charge is 0.405 e. The summed E-state index contributed by atoms with van der Waals surface area (Å²) in [6.07, 6.45) is -4.45. The summed E-state index contributed by atoms with van der Waals surface area (Å²) in [7, 11) is 0. The number of amides is 1. The number of halogens is 3. The first-order valence-corrected chi connectivity index (χ1v) is 7.18. The Labute approximate surface area is 135 Å². The Balaban J connectivity index is 1.73. The summed E-state index contributed by atoms with van der Waals surface area (Å²) >= 11 is 0. The SMILES string of the molecule is O=C(CON=C1c2ccccc2-c2ccccc21)NCC(F)(F)F. The van der Waals surface area contributed by atoms with E-state index in [9.17, 15) is 18.0 Å². The van der Waals surface area contributed by atoms with Gasteiger partial charge in [-0.3, -0.25) is 4.79 Å². The monoisotopic (exact) mass is 334 g/mol. The van der Waals surface area contributed by atoms with Crippen LogP contribution in [-0.4, -0.2) is 30.9 Å². The quantitative estimate of drug-likeness (QED) is 0.746. The van der Waals surface area contributed by atoms with E-state index in [4.69, 9.17) is 4.84 Å². The molecule has 0 heterocycles. The maximum atomic E-state index is 12.0. The Bertz CT molecular complexity index is 753. The van der Waals surface area contributed by atoms with Crippen LogP contribution < -0.4 is 5.32 Å². The van der Waals surface area contributed by atoms with Crippen molar-refractivity contribution in [1.29, 1.82) is 0 Å². The van der Waals surface area contributed by atoms with Gasteiger partial charge in [0.2, 0.25) is 0 Å². The van der Waals surface area contributed by atoms with E-state index >= 15 is 0 Å².